The highest BCUT2D eigenvalue weighted by atomic mass is 32.2. The Morgan fingerprint density at radius 2 is 2.00 bits per heavy atom. The molecule has 18 heavy (non-hydrogen) atoms. The van der Waals surface area contributed by atoms with Crippen LogP contribution in [0.2, 0.25) is 0 Å². The van der Waals surface area contributed by atoms with Crippen molar-refractivity contribution in [1.82, 2.24) is 9.29 Å². The molecule has 0 spiro atoms. The highest BCUT2D eigenvalue weighted by Gasteiger charge is 2.28. The molecule has 1 aromatic heterocycles. The van der Waals surface area contributed by atoms with Gasteiger partial charge in [-0.3, -0.25) is 4.21 Å². The Hall–Kier alpha value is -1.03. The molecule has 3 N–H and O–H groups in total. The van der Waals surface area contributed by atoms with E-state index < -0.39 is 20.8 Å². The summed E-state index contributed by atoms with van der Waals surface area (Å²) in [4.78, 5) is 3.99. The maximum absolute atomic E-state index is 12.2. The van der Waals surface area contributed by atoms with Crippen LogP contribution in [0.4, 0.5) is 5.82 Å². The minimum atomic E-state index is -3.54. The lowest BCUT2D eigenvalue weighted by Crippen LogP contribution is -2.41. The standard InChI is InChI=1S/C9H14N4O3S2/c10-12-9-2-1-8(7-11-9)18(15,16)13-3-5-17(14)6-4-13/h1-2,7H,3-6,10H2,(H,11,12). The Morgan fingerprint density at radius 1 is 1.33 bits per heavy atom. The maximum atomic E-state index is 12.2. The van der Waals surface area contributed by atoms with Crippen LogP contribution < -0.4 is 11.3 Å². The number of nitrogens with zero attached hydrogens (tertiary/aromatic N) is 2. The van der Waals surface area contributed by atoms with Gasteiger partial charge in [0.15, 0.2) is 0 Å². The number of rotatable bonds is 3. The summed E-state index contributed by atoms with van der Waals surface area (Å²) in [5.41, 5.74) is 2.33. The van der Waals surface area contributed by atoms with Crippen molar-refractivity contribution >= 4 is 26.6 Å². The van der Waals surface area contributed by atoms with Crippen molar-refractivity contribution in [1.29, 1.82) is 0 Å². The second-order valence-corrected chi connectivity index (χ2v) is 7.41. The van der Waals surface area contributed by atoms with Gasteiger partial charge in [-0.15, -0.1) is 0 Å². The number of hydrogen-bond donors (Lipinski definition) is 2. The van der Waals surface area contributed by atoms with Crippen molar-refractivity contribution in [3.63, 3.8) is 0 Å². The third kappa shape index (κ3) is 2.69. The molecule has 1 aliphatic rings. The van der Waals surface area contributed by atoms with Gasteiger partial charge in [-0.25, -0.2) is 19.2 Å². The Kier molecular flexibility index (Phi) is 3.95. The van der Waals surface area contributed by atoms with E-state index in [-0.39, 0.29) is 18.0 Å². The molecule has 1 aromatic rings. The molecule has 0 saturated carbocycles. The van der Waals surface area contributed by atoms with Crippen LogP contribution in [0, 0.1) is 0 Å². The van der Waals surface area contributed by atoms with Crippen molar-refractivity contribution in [2.75, 3.05) is 30.0 Å². The molecule has 100 valence electrons. The molecule has 0 aliphatic carbocycles. The predicted molar refractivity (Wildman–Crippen MR) is 68.7 cm³/mol. The SMILES string of the molecule is NNc1ccc(S(=O)(=O)N2CCS(=O)CC2)cn1. The third-order valence-electron chi connectivity index (χ3n) is 2.66. The quantitative estimate of drug-likeness (QED) is 0.553. The van der Waals surface area contributed by atoms with E-state index in [1.807, 2.05) is 0 Å². The molecule has 0 amide bonds. The average molecular weight is 290 g/mol. The Bertz CT molecular complexity index is 533. The van der Waals surface area contributed by atoms with Crippen LogP contribution in [-0.2, 0) is 20.8 Å². The highest BCUT2D eigenvalue weighted by Crippen LogP contribution is 2.17. The van der Waals surface area contributed by atoms with Gasteiger partial charge < -0.3 is 5.43 Å². The lowest BCUT2D eigenvalue weighted by atomic mass is 10.5. The van der Waals surface area contributed by atoms with Crippen LogP contribution in [0.1, 0.15) is 0 Å². The Labute approximate surface area is 108 Å². The zero-order valence-corrected chi connectivity index (χ0v) is 11.2. The molecule has 0 atom stereocenters. The fourth-order valence-corrected chi connectivity index (χ4v) is 4.30. The van der Waals surface area contributed by atoms with Gasteiger partial charge in [-0.2, -0.15) is 4.31 Å². The van der Waals surface area contributed by atoms with Crippen LogP contribution in [0.15, 0.2) is 23.2 Å². The van der Waals surface area contributed by atoms with E-state index >= 15 is 0 Å². The van der Waals surface area contributed by atoms with Crippen LogP contribution in [0.3, 0.4) is 0 Å². The molecular formula is C9H14N4O3S2. The molecule has 2 rings (SSSR count). The summed E-state index contributed by atoms with van der Waals surface area (Å²) >= 11 is 0. The molecule has 1 saturated heterocycles. The van der Waals surface area contributed by atoms with E-state index in [0.29, 0.717) is 17.3 Å². The number of sulfonamides is 1. The minimum absolute atomic E-state index is 0.120. The van der Waals surface area contributed by atoms with Gasteiger partial charge in [0, 0.05) is 41.6 Å². The van der Waals surface area contributed by atoms with Gasteiger partial charge in [0.05, 0.1) is 0 Å². The highest BCUT2D eigenvalue weighted by molar-refractivity contribution is 7.89. The van der Waals surface area contributed by atoms with E-state index in [1.54, 1.807) is 0 Å². The van der Waals surface area contributed by atoms with Crippen molar-refractivity contribution < 1.29 is 12.6 Å². The molecule has 1 aliphatic heterocycles. The number of pyridine rings is 1. The Balaban J connectivity index is 2.21. The number of hydrogen-bond acceptors (Lipinski definition) is 6. The molecule has 0 aromatic carbocycles. The number of nitrogens with two attached hydrogens (primary N) is 1. The summed E-state index contributed by atoms with van der Waals surface area (Å²) in [6.45, 7) is 0.567. The van der Waals surface area contributed by atoms with Gasteiger partial charge in [0.1, 0.15) is 10.7 Å². The van der Waals surface area contributed by atoms with Crippen molar-refractivity contribution in [2.24, 2.45) is 5.84 Å². The van der Waals surface area contributed by atoms with Crippen molar-refractivity contribution in [3.8, 4) is 0 Å². The normalized spacial score (nSPS) is 18.7. The van der Waals surface area contributed by atoms with Crippen LogP contribution in [-0.4, -0.2) is 46.5 Å². The third-order valence-corrected chi connectivity index (χ3v) is 5.82. The molecule has 0 unspecified atom stereocenters. The summed E-state index contributed by atoms with van der Waals surface area (Å²) in [5, 5.41) is 0. The predicted octanol–water partition coefficient (Wildman–Crippen LogP) is -0.880. The molecule has 2 heterocycles. The average Bonchev–Trinajstić information content (AvgIpc) is 2.39. The number of nitrogens with one attached hydrogen (secondary N) is 1. The monoisotopic (exact) mass is 290 g/mol. The first-order valence-electron chi connectivity index (χ1n) is 5.32. The molecule has 7 nitrogen and oxygen atoms in total. The largest absolute Gasteiger partial charge is 0.308 e. The van der Waals surface area contributed by atoms with E-state index in [4.69, 9.17) is 5.84 Å². The zero-order chi connectivity index (χ0) is 13.2. The van der Waals surface area contributed by atoms with Crippen molar-refractivity contribution in [3.05, 3.63) is 18.3 Å². The maximum Gasteiger partial charge on any atom is 0.244 e. The van der Waals surface area contributed by atoms with Gasteiger partial charge in [0.25, 0.3) is 0 Å². The second kappa shape index (κ2) is 5.31. The van der Waals surface area contributed by atoms with Gasteiger partial charge in [0.2, 0.25) is 10.0 Å². The molecule has 0 bridgehead atoms. The van der Waals surface area contributed by atoms with Gasteiger partial charge in [-0.05, 0) is 12.1 Å². The summed E-state index contributed by atoms with van der Waals surface area (Å²) in [6, 6.07) is 2.94. The van der Waals surface area contributed by atoms with Gasteiger partial charge >= 0.3 is 0 Å². The van der Waals surface area contributed by atoms with E-state index in [9.17, 15) is 12.6 Å². The Morgan fingerprint density at radius 3 is 2.50 bits per heavy atom. The van der Waals surface area contributed by atoms with E-state index in [1.165, 1.54) is 22.6 Å². The first kappa shape index (κ1) is 13.4. The van der Waals surface area contributed by atoms with E-state index in [0.717, 1.165) is 0 Å². The second-order valence-electron chi connectivity index (χ2n) is 3.78. The summed E-state index contributed by atoms with van der Waals surface area (Å²) < 4.78 is 37.0. The molecular weight excluding hydrogens is 276 g/mol. The minimum Gasteiger partial charge on any atom is -0.308 e. The molecule has 9 heteroatoms. The van der Waals surface area contributed by atoms with E-state index in [2.05, 4.69) is 10.4 Å². The first-order valence-corrected chi connectivity index (χ1v) is 8.24. The topological polar surface area (TPSA) is 105 Å². The van der Waals surface area contributed by atoms with Gasteiger partial charge in [-0.1, -0.05) is 0 Å². The smallest absolute Gasteiger partial charge is 0.244 e. The van der Waals surface area contributed by atoms with Crippen LogP contribution in [0.5, 0.6) is 0 Å². The summed E-state index contributed by atoms with van der Waals surface area (Å²) in [5.74, 6) is 6.33. The lowest BCUT2D eigenvalue weighted by Gasteiger charge is -2.25. The van der Waals surface area contributed by atoms with Crippen LogP contribution >= 0.6 is 0 Å². The zero-order valence-electron chi connectivity index (χ0n) is 9.57. The molecule has 1 fully saturated rings. The van der Waals surface area contributed by atoms with Crippen molar-refractivity contribution in [2.45, 2.75) is 4.90 Å². The number of nitrogen functional groups attached to an aromatic ring is 1. The first-order chi connectivity index (χ1) is 8.54. The number of aromatic nitrogens is 1. The summed E-state index contributed by atoms with van der Waals surface area (Å²) in [7, 11) is -4.45. The number of anilines is 1. The fraction of sp³-hybridized carbons (Fsp3) is 0.444. The number of hydrazine groups is 1. The lowest BCUT2D eigenvalue weighted by molar-refractivity contribution is 0.438. The summed E-state index contributed by atoms with van der Waals surface area (Å²) in [6.07, 6.45) is 1.26. The van der Waals surface area contributed by atoms with Crippen LogP contribution in [0.25, 0.3) is 0 Å². The fourth-order valence-electron chi connectivity index (χ4n) is 1.63. The molecule has 0 radical (unpaired) electrons.